The Balaban J connectivity index is 1.72. The van der Waals surface area contributed by atoms with Crippen molar-refractivity contribution in [3.05, 3.63) is 66.4 Å². The molecule has 1 heterocycles. The molecule has 1 amide bonds. The zero-order valence-electron chi connectivity index (χ0n) is 13.0. The summed E-state index contributed by atoms with van der Waals surface area (Å²) in [5.41, 5.74) is 2.77. The number of hydrogen-bond acceptors (Lipinski definition) is 4. The van der Waals surface area contributed by atoms with E-state index in [-0.39, 0.29) is 5.91 Å². The molecule has 0 bridgehead atoms. The summed E-state index contributed by atoms with van der Waals surface area (Å²) in [6.45, 7) is 0. The Labute approximate surface area is 139 Å². The van der Waals surface area contributed by atoms with Gasteiger partial charge in [-0.1, -0.05) is 41.7 Å². The number of anilines is 2. The van der Waals surface area contributed by atoms with Crippen molar-refractivity contribution in [3.8, 4) is 10.4 Å². The van der Waals surface area contributed by atoms with Crippen molar-refractivity contribution < 1.29 is 4.79 Å². The highest BCUT2D eigenvalue weighted by molar-refractivity contribution is 7.19. The summed E-state index contributed by atoms with van der Waals surface area (Å²) in [6.07, 6.45) is 1.78. The standard InChI is InChI=1S/C18H17N3OS/c1-21(2)15-10-8-14(9-11-15)17(22)20-18-19-12-16(23-18)13-6-4-3-5-7-13/h3-12H,1-2H3,(H,19,20,22). The quantitative estimate of drug-likeness (QED) is 0.785. The van der Waals surface area contributed by atoms with Crippen LogP contribution in [0.5, 0.6) is 0 Å². The molecule has 0 atom stereocenters. The first-order valence-corrected chi connectivity index (χ1v) is 8.05. The number of thiazole rings is 1. The molecule has 0 saturated carbocycles. The highest BCUT2D eigenvalue weighted by atomic mass is 32.1. The molecule has 2 aromatic carbocycles. The van der Waals surface area contributed by atoms with E-state index in [1.165, 1.54) is 11.3 Å². The van der Waals surface area contributed by atoms with Gasteiger partial charge in [0.05, 0.1) is 4.88 Å². The van der Waals surface area contributed by atoms with Crippen molar-refractivity contribution in [2.75, 3.05) is 24.3 Å². The largest absolute Gasteiger partial charge is 0.378 e. The first kappa shape index (κ1) is 15.2. The number of benzene rings is 2. The van der Waals surface area contributed by atoms with Gasteiger partial charge in [0.25, 0.3) is 5.91 Å². The van der Waals surface area contributed by atoms with Crippen molar-refractivity contribution in [3.63, 3.8) is 0 Å². The summed E-state index contributed by atoms with van der Waals surface area (Å²) >= 11 is 1.47. The van der Waals surface area contributed by atoms with Crippen LogP contribution in [-0.4, -0.2) is 25.0 Å². The molecule has 0 fully saturated rings. The lowest BCUT2D eigenvalue weighted by Crippen LogP contribution is -2.12. The number of aromatic nitrogens is 1. The summed E-state index contributed by atoms with van der Waals surface area (Å²) in [5.74, 6) is -0.149. The van der Waals surface area contributed by atoms with Crippen molar-refractivity contribution in [2.24, 2.45) is 0 Å². The minimum absolute atomic E-state index is 0.149. The number of amides is 1. The fourth-order valence-electron chi connectivity index (χ4n) is 2.15. The molecule has 1 aromatic heterocycles. The Hall–Kier alpha value is -2.66. The van der Waals surface area contributed by atoms with Gasteiger partial charge in [0.2, 0.25) is 0 Å². The second kappa shape index (κ2) is 6.62. The second-order valence-corrected chi connectivity index (χ2v) is 6.32. The van der Waals surface area contributed by atoms with Gasteiger partial charge < -0.3 is 4.90 Å². The van der Waals surface area contributed by atoms with Crippen molar-refractivity contribution >= 4 is 28.1 Å². The van der Waals surface area contributed by atoms with E-state index in [9.17, 15) is 4.79 Å². The number of hydrogen-bond donors (Lipinski definition) is 1. The first-order chi connectivity index (χ1) is 11.1. The van der Waals surface area contributed by atoms with E-state index in [1.807, 2.05) is 73.6 Å². The average Bonchev–Trinajstić information content (AvgIpc) is 3.04. The maximum atomic E-state index is 12.3. The summed E-state index contributed by atoms with van der Waals surface area (Å²) < 4.78 is 0. The Kier molecular flexibility index (Phi) is 4.39. The smallest absolute Gasteiger partial charge is 0.257 e. The lowest BCUT2D eigenvalue weighted by Gasteiger charge is -2.12. The van der Waals surface area contributed by atoms with Gasteiger partial charge in [0.15, 0.2) is 5.13 Å². The van der Waals surface area contributed by atoms with Crippen LogP contribution >= 0.6 is 11.3 Å². The lowest BCUT2D eigenvalue weighted by molar-refractivity contribution is 0.102. The monoisotopic (exact) mass is 323 g/mol. The minimum Gasteiger partial charge on any atom is -0.378 e. The third kappa shape index (κ3) is 3.57. The molecule has 23 heavy (non-hydrogen) atoms. The number of carbonyl (C=O) groups is 1. The molecule has 116 valence electrons. The van der Waals surface area contributed by atoms with Gasteiger partial charge in [0.1, 0.15) is 0 Å². The molecule has 3 aromatic rings. The molecular weight excluding hydrogens is 306 g/mol. The Morgan fingerprint density at radius 1 is 1.04 bits per heavy atom. The van der Waals surface area contributed by atoms with E-state index >= 15 is 0 Å². The van der Waals surface area contributed by atoms with Gasteiger partial charge in [-0.05, 0) is 29.8 Å². The zero-order valence-corrected chi connectivity index (χ0v) is 13.8. The predicted molar refractivity (Wildman–Crippen MR) is 96.3 cm³/mol. The molecule has 0 aliphatic heterocycles. The van der Waals surface area contributed by atoms with E-state index in [0.717, 1.165) is 16.1 Å². The third-order valence-corrected chi connectivity index (χ3v) is 4.39. The van der Waals surface area contributed by atoms with Crippen LogP contribution in [0, 0.1) is 0 Å². The topological polar surface area (TPSA) is 45.2 Å². The van der Waals surface area contributed by atoms with Crippen molar-refractivity contribution in [2.45, 2.75) is 0 Å². The number of carbonyl (C=O) groups excluding carboxylic acids is 1. The molecule has 5 heteroatoms. The summed E-state index contributed by atoms with van der Waals surface area (Å²) in [7, 11) is 3.94. The van der Waals surface area contributed by atoms with Gasteiger partial charge in [-0.3, -0.25) is 10.1 Å². The SMILES string of the molecule is CN(C)c1ccc(C(=O)Nc2ncc(-c3ccccc3)s2)cc1. The van der Waals surface area contributed by atoms with Crippen LogP contribution in [0.15, 0.2) is 60.8 Å². The summed E-state index contributed by atoms with van der Waals surface area (Å²) in [6, 6.07) is 17.5. The maximum absolute atomic E-state index is 12.3. The van der Waals surface area contributed by atoms with Crippen LogP contribution in [0.4, 0.5) is 10.8 Å². The van der Waals surface area contributed by atoms with Gasteiger partial charge in [-0.25, -0.2) is 4.98 Å². The molecular formula is C18H17N3OS. The Bertz CT molecular complexity index is 795. The van der Waals surface area contributed by atoms with E-state index in [0.29, 0.717) is 10.7 Å². The van der Waals surface area contributed by atoms with E-state index in [1.54, 1.807) is 6.20 Å². The van der Waals surface area contributed by atoms with Crippen LogP contribution in [-0.2, 0) is 0 Å². The minimum atomic E-state index is -0.149. The molecule has 0 aliphatic rings. The maximum Gasteiger partial charge on any atom is 0.257 e. The predicted octanol–water partition coefficient (Wildman–Crippen LogP) is 4.13. The summed E-state index contributed by atoms with van der Waals surface area (Å²) in [4.78, 5) is 19.6. The van der Waals surface area contributed by atoms with Gasteiger partial charge in [-0.15, -0.1) is 0 Å². The van der Waals surface area contributed by atoms with Crippen molar-refractivity contribution in [1.82, 2.24) is 4.98 Å². The number of nitrogens with one attached hydrogen (secondary N) is 1. The van der Waals surface area contributed by atoms with Crippen LogP contribution in [0.1, 0.15) is 10.4 Å². The number of rotatable bonds is 4. The van der Waals surface area contributed by atoms with Crippen LogP contribution in [0.3, 0.4) is 0 Å². The zero-order chi connectivity index (χ0) is 16.2. The Morgan fingerprint density at radius 3 is 2.39 bits per heavy atom. The number of nitrogens with zero attached hydrogens (tertiary/aromatic N) is 2. The Morgan fingerprint density at radius 2 is 1.74 bits per heavy atom. The lowest BCUT2D eigenvalue weighted by atomic mass is 10.2. The molecule has 0 aliphatic carbocycles. The molecule has 1 N–H and O–H groups in total. The molecule has 4 nitrogen and oxygen atoms in total. The van der Waals surface area contributed by atoms with Crippen LogP contribution in [0.25, 0.3) is 10.4 Å². The molecule has 0 unspecified atom stereocenters. The summed E-state index contributed by atoms with van der Waals surface area (Å²) in [5, 5.41) is 3.45. The van der Waals surface area contributed by atoms with Crippen molar-refractivity contribution in [1.29, 1.82) is 0 Å². The van der Waals surface area contributed by atoms with Gasteiger partial charge >= 0.3 is 0 Å². The third-order valence-electron chi connectivity index (χ3n) is 3.43. The van der Waals surface area contributed by atoms with E-state index in [4.69, 9.17) is 0 Å². The van der Waals surface area contributed by atoms with Crippen LogP contribution < -0.4 is 10.2 Å². The average molecular weight is 323 g/mol. The van der Waals surface area contributed by atoms with Crippen LogP contribution in [0.2, 0.25) is 0 Å². The molecule has 0 radical (unpaired) electrons. The first-order valence-electron chi connectivity index (χ1n) is 7.23. The van der Waals surface area contributed by atoms with Gasteiger partial charge in [-0.2, -0.15) is 0 Å². The molecule has 3 rings (SSSR count). The fourth-order valence-corrected chi connectivity index (χ4v) is 2.96. The molecule has 0 spiro atoms. The second-order valence-electron chi connectivity index (χ2n) is 5.29. The molecule has 0 saturated heterocycles. The highest BCUT2D eigenvalue weighted by Gasteiger charge is 2.10. The van der Waals surface area contributed by atoms with E-state index in [2.05, 4.69) is 10.3 Å². The van der Waals surface area contributed by atoms with Gasteiger partial charge in [0, 0.05) is 31.5 Å². The highest BCUT2D eigenvalue weighted by Crippen LogP contribution is 2.28. The fraction of sp³-hybridized carbons (Fsp3) is 0.111. The van der Waals surface area contributed by atoms with E-state index < -0.39 is 0 Å². The normalized spacial score (nSPS) is 10.3.